The number of halogens is 1. The van der Waals surface area contributed by atoms with Gasteiger partial charge in [0, 0.05) is 59.8 Å². The summed E-state index contributed by atoms with van der Waals surface area (Å²) in [6, 6.07) is 4.96. The van der Waals surface area contributed by atoms with Crippen LogP contribution in [0, 0.1) is 22.7 Å². The van der Waals surface area contributed by atoms with E-state index in [0.717, 1.165) is 38.5 Å². The van der Waals surface area contributed by atoms with Crippen LogP contribution < -0.4 is 15.6 Å². The van der Waals surface area contributed by atoms with Crippen LogP contribution in [0.5, 0.6) is 5.75 Å². The number of benzene rings is 1. The molecule has 7 N–H and O–H groups in total. The van der Waals surface area contributed by atoms with Gasteiger partial charge in [-0.05, 0) is 75.8 Å². The maximum atomic E-state index is 18.6. The van der Waals surface area contributed by atoms with Crippen molar-refractivity contribution in [3.63, 3.8) is 0 Å². The van der Waals surface area contributed by atoms with Crippen LogP contribution in [0.1, 0.15) is 128 Å². The fourth-order valence-corrected chi connectivity index (χ4v) is 13.3. The summed E-state index contributed by atoms with van der Waals surface area (Å²) in [6.07, 6.45) is 9.36. The zero-order chi connectivity index (χ0) is 47.6. The van der Waals surface area contributed by atoms with Crippen molar-refractivity contribution >= 4 is 19.4 Å². The van der Waals surface area contributed by atoms with Crippen molar-refractivity contribution in [1.29, 1.82) is 0 Å². The molecule has 65 heavy (non-hydrogen) atoms. The number of Topliss-reactive ketones (excluding diaryl/α,β-unsaturated/α-hetero) is 1. The third-order valence-electron chi connectivity index (χ3n) is 16.6. The van der Waals surface area contributed by atoms with Crippen LogP contribution in [0.3, 0.4) is 0 Å². The van der Waals surface area contributed by atoms with Gasteiger partial charge in [-0.2, -0.15) is 0 Å². The molecule has 0 amide bonds. The van der Waals surface area contributed by atoms with Crippen LogP contribution in [0.25, 0.3) is 0 Å². The zero-order valence-electron chi connectivity index (χ0n) is 39.8. The van der Waals surface area contributed by atoms with Gasteiger partial charge >= 0.3 is 7.82 Å². The number of nitrogens with two attached hydrogens (primary N) is 1. The molecule has 6 aliphatic rings. The molecule has 5 unspecified atom stereocenters. The van der Waals surface area contributed by atoms with Gasteiger partial charge in [0.05, 0.1) is 45.0 Å². The summed E-state index contributed by atoms with van der Waals surface area (Å²) >= 11 is 0. The van der Waals surface area contributed by atoms with E-state index in [9.17, 15) is 29.4 Å². The van der Waals surface area contributed by atoms with Crippen LogP contribution in [0.15, 0.2) is 43.0 Å². The van der Waals surface area contributed by atoms with Crippen molar-refractivity contribution < 1.29 is 57.0 Å². The van der Waals surface area contributed by atoms with E-state index in [-0.39, 0.29) is 62.0 Å². The highest BCUT2D eigenvalue weighted by Gasteiger charge is 2.81. The molecule has 0 bridgehead atoms. The largest absolute Gasteiger partial charge is 0.524 e. The molecule has 0 aromatic heterocycles. The first kappa shape index (κ1) is 52.0. The molecular formula is C49H79FN4O10P+. The van der Waals surface area contributed by atoms with E-state index in [0.29, 0.717) is 67.6 Å². The lowest BCUT2D eigenvalue weighted by Crippen LogP contribution is -2.71. The second kappa shape index (κ2) is 20.3. The topological polar surface area (TPSA) is 201 Å². The van der Waals surface area contributed by atoms with Crippen LogP contribution in [0.4, 0.5) is 4.39 Å². The average molecular weight is 934 g/mol. The number of allylic oxidation sites excluding steroid dienone is 3. The first-order chi connectivity index (χ1) is 30.7. The fraction of sp³-hybridized carbons (Fsp3) is 0.755. The number of piperazine rings is 1. The first-order valence-corrected chi connectivity index (χ1v) is 25.8. The molecule has 10 atom stereocenters. The number of rotatable bonds is 15. The van der Waals surface area contributed by atoms with Crippen LogP contribution >= 0.6 is 7.82 Å². The Morgan fingerprint density at radius 2 is 1.77 bits per heavy atom. The normalized spacial score (nSPS) is 36.9. The summed E-state index contributed by atoms with van der Waals surface area (Å²) in [5.41, 5.74) is 1.54. The molecular weight excluding hydrogens is 855 g/mol. The highest BCUT2D eigenvalue weighted by molar-refractivity contribution is 7.46. The number of phosphoric acid groups is 1. The number of carbonyl (C=O) groups excluding carboxylic acids is 2. The van der Waals surface area contributed by atoms with Crippen molar-refractivity contribution in [2.75, 3.05) is 53.4 Å². The number of hydrogen-bond donors (Lipinski definition) is 6. The zero-order valence-corrected chi connectivity index (χ0v) is 40.7. The number of carbonyl (C=O) groups is 2. The number of aliphatic hydroxyl groups excluding tert-OH is 2. The van der Waals surface area contributed by atoms with Crippen molar-refractivity contribution in [1.82, 2.24) is 10.2 Å². The monoisotopic (exact) mass is 934 g/mol. The molecule has 1 aromatic carbocycles. The van der Waals surface area contributed by atoms with Gasteiger partial charge in [0.15, 0.2) is 23.5 Å². The number of nitrogens with zero attached hydrogens (tertiary/aromatic N) is 2. The number of aliphatic hydroxyl groups is 2. The first-order valence-electron chi connectivity index (χ1n) is 24.3. The van der Waals surface area contributed by atoms with Gasteiger partial charge in [0.25, 0.3) is 0 Å². The van der Waals surface area contributed by atoms with E-state index in [1.807, 2.05) is 20.8 Å². The minimum absolute atomic E-state index is 0.0146. The second-order valence-electron chi connectivity index (χ2n) is 20.6. The Kier molecular flexibility index (Phi) is 16.2. The van der Waals surface area contributed by atoms with Crippen molar-refractivity contribution in [2.45, 2.75) is 159 Å². The molecule has 16 heteroatoms. The van der Waals surface area contributed by atoms with E-state index in [1.165, 1.54) is 18.2 Å². The molecule has 4 aliphatic carbocycles. The summed E-state index contributed by atoms with van der Waals surface area (Å²) in [5.74, 6) is -1.06. The maximum Gasteiger partial charge on any atom is 0.524 e. The Labute approximate surface area is 386 Å². The highest BCUT2D eigenvalue weighted by Crippen LogP contribution is 2.70. The Morgan fingerprint density at radius 3 is 2.40 bits per heavy atom. The Hall–Kier alpha value is -2.40. The minimum atomic E-state index is -4.91. The van der Waals surface area contributed by atoms with Crippen LogP contribution in [0.2, 0.25) is 0 Å². The van der Waals surface area contributed by atoms with Gasteiger partial charge in [-0.1, -0.05) is 78.0 Å². The number of fused-ring (bicyclic) bond motifs is 5. The van der Waals surface area contributed by atoms with Crippen molar-refractivity contribution in [3.8, 4) is 5.75 Å². The van der Waals surface area contributed by atoms with E-state index in [1.54, 1.807) is 32.2 Å². The Bertz CT molecular complexity index is 1940. The van der Waals surface area contributed by atoms with Crippen LogP contribution in [-0.4, -0.2) is 130 Å². The van der Waals surface area contributed by atoms with Crippen molar-refractivity contribution in [3.05, 3.63) is 54.1 Å². The van der Waals surface area contributed by atoms with E-state index in [2.05, 4.69) is 23.8 Å². The summed E-state index contributed by atoms with van der Waals surface area (Å²) in [5, 5.41) is 25.5. The average Bonchev–Trinajstić information content (AvgIpc) is 3.51. The molecule has 2 heterocycles. The SMILES string of the molecule is C=CCC(=O)/C=C\C1(C)CCCC2[C@]1(F)C(O)CCC1(C)[C@@]2(N)C[C@H]2O[C@@H](C3CCCCCC3)O[C@]21C(=O)CN1CC[N+](C)(Cc2ccc(C(O)CNC)cc2OP(=O)(O)O)CC1.CC. The lowest BCUT2D eigenvalue weighted by molar-refractivity contribution is -0.926. The number of phosphoric ester groups is 1. The predicted molar refractivity (Wildman–Crippen MR) is 247 cm³/mol. The lowest BCUT2D eigenvalue weighted by Gasteiger charge is -2.58. The summed E-state index contributed by atoms with van der Waals surface area (Å²) in [6.45, 7) is 14.5. The summed E-state index contributed by atoms with van der Waals surface area (Å²) < 4.78 is 50.4. The number of ketones is 2. The molecule has 4 saturated carbocycles. The Morgan fingerprint density at radius 1 is 1.09 bits per heavy atom. The molecule has 6 fully saturated rings. The summed E-state index contributed by atoms with van der Waals surface area (Å²) in [7, 11) is -1.14. The molecule has 14 nitrogen and oxygen atoms in total. The smallest absolute Gasteiger partial charge is 0.404 e. The fourth-order valence-electron chi connectivity index (χ4n) is 12.9. The van der Waals surface area contributed by atoms with Crippen LogP contribution in [-0.2, 0) is 30.2 Å². The quantitative estimate of drug-likeness (QED) is 0.0383. The minimum Gasteiger partial charge on any atom is -0.404 e. The second-order valence-corrected chi connectivity index (χ2v) is 21.8. The molecule has 2 saturated heterocycles. The third-order valence-corrected chi connectivity index (χ3v) is 17.1. The number of ether oxygens (including phenoxy) is 2. The molecule has 0 spiro atoms. The number of likely N-dealkylation sites (N-methyl/N-ethyl adjacent to an activating group) is 2. The van der Waals surface area contributed by atoms with Gasteiger partial charge < -0.3 is 39.7 Å². The molecule has 0 radical (unpaired) electrons. The van der Waals surface area contributed by atoms with Gasteiger partial charge in [0.2, 0.25) is 0 Å². The van der Waals surface area contributed by atoms with Gasteiger partial charge in [-0.25, -0.2) is 8.96 Å². The lowest BCUT2D eigenvalue weighted by atomic mass is 9.50. The van der Waals surface area contributed by atoms with Gasteiger partial charge in [-0.15, -0.1) is 6.58 Å². The van der Waals surface area contributed by atoms with Gasteiger partial charge in [0.1, 0.15) is 18.0 Å². The van der Waals surface area contributed by atoms with E-state index in [4.69, 9.17) is 19.7 Å². The molecule has 2 aliphatic heterocycles. The number of alkyl halides is 1. The number of quaternary nitrogens is 1. The van der Waals surface area contributed by atoms with E-state index >= 15 is 9.18 Å². The maximum absolute atomic E-state index is 18.6. The highest BCUT2D eigenvalue weighted by atomic mass is 31.2. The third kappa shape index (κ3) is 9.78. The predicted octanol–water partition coefficient (Wildman–Crippen LogP) is 6.20. The number of nitrogens with one attached hydrogen (secondary N) is 1. The van der Waals surface area contributed by atoms with Gasteiger partial charge in [-0.3, -0.25) is 24.3 Å². The molecule has 366 valence electrons. The molecule has 1 aromatic rings. The number of hydrogen-bond acceptors (Lipinski definition) is 11. The molecule has 7 rings (SSSR count). The Balaban J connectivity index is 0.00000345. The summed E-state index contributed by atoms with van der Waals surface area (Å²) in [4.78, 5) is 49.8. The standard InChI is InChI=1S/C47H72FN4O10P.C2H6/c1-6-12-35(53)18-21-43(2)20-11-15-38-45(49)28-41-47(44(45,3)22-19-39(55)46(38,43)48,61-42(60-41)32-13-9-7-8-10-14-32)40(56)30-51-23-25-52(5,26-24-51)31-34-17-16-33(36(54)29-50-4)27-37(34)62-63(57,58)59;1-2/h6,16-18,21,27,32,36,38-39,41-42,50,54-55H,1,7-15,19-20,22-26,28-31,49H2,2-5H3,(H-,57,58,59);1-2H3/p+1/b21-18-;/t36?,38?,39?,41-,42-,43?,44?,45-,46+,47-;/m1./s1. The van der Waals surface area contributed by atoms with E-state index < -0.39 is 66.0 Å². The van der Waals surface area contributed by atoms with Crippen molar-refractivity contribution in [2.24, 2.45) is 28.4 Å².